The number of carbonyl (C=O) groups is 2. The van der Waals surface area contributed by atoms with Crippen molar-refractivity contribution in [3.8, 4) is 0 Å². The molecule has 5 heteroatoms. The highest BCUT2D eigenvalue weighted by Gasteiger charge is 2.46. The van der Waals surface area contributed by atoms with E-state index in [9.17, 15) is 14.7 Å². The molecule has 2 rings (SSSR count). The van der Waals surface area contributed by atoms with E-state index in [0.29, 0.717) is 6.61 Å². The van der Waals surface area contributed by atoms with Crippen LogP contribution in [0.3, 0.4) is 0 Å². The van der Waals surface area contributed by atoms with Gasteiger partial charge in [-0.1, -0.05) is 36.8 Å². The lowest BCUT2D eigenvalue weighted by molar-refractivity contribution is -0.144. The molecule has 21 heavy (non-hydrogen) atoms. The molecule has 1 aromatic carbocycles. The molecule has 1 atom stereocenters. The first kappa shape index (κ1) is 15.5. The zero-order valence-electron chi connectivity index (χ0n) is 12.2. The Morgan fingerprint density at radius 1 is 1.33 bits per heavy atom. The summed E-state index contributed by atoms with van der Waals surface area (Å²) in [6.45, 7) is 0.301. The van der Waals surface area contributed by atoms with Gasteiger partial charge in [0.1, 0.15) is 6.04 Å². The van der Waals surface area contributed by atoms with Crippen molar-refractivity contribution in [1.29, 1.82) is 0 Å². The van der Waals surface area contributed by atoms with Crippen LogP contribution in [0.15, 0.2) is 30.3 Å². The number of rotatable bonds is 7. The quantitative estimate of drug-likeness (QED) is 0.802. The summed E-state index contributed by atoms with van der Waals surface area (Å²) >= 11 is 0. The molecule has 1 aromatic rings. The fraction of sp³-hybridized carbons (Fsp3) is 0.500. The number of aliphatic carboxylic acids is 1. The maximum absolute atomic E-state index is 12.6. The number of benzene rings is 1. The first-order valence-electron chi connectivity index (χ1n) is 7.18. The zero-order valence-corrected chi connectivity index (χ0v) is 12.2. The van der Waals surface area contributed by atoms with Gasteiger partial charge in [-0.15, -0.1) is 0 Å². The molecular formula is C16H21NO4. The number of carbonyl (C=O) groups excluding carboxylic acids is 1. The average Bonchev–Trinajstić information content (AvgIpc) is 2.43. The van der Waals surface area contributed by atoms with E-state index < -0.39 is 17.4 Å². The maximum atomic E-state index is 12.6. The summed E-state index contributed by atoms with van der Waals surface area (Å²) in [5, 5.41) is 11.9. The van der Waals surface area contributed by atoms with Gasteiger partial charge in [0.2, 0.25) is 5.91 Å². The van der Waals surface area contributed by atoms with E-state index in [2.05, 4.69) is 5.32 Å². The first-order chi connectivity index (χ1) is 10.1. The minimum absolute atomic E-state index is 0.191. The number of nitrogens with one attached hydrogen (secondary N) is 1. The predicted molar refractivity (Wildman–Crippen MR) is 78.0 cm³/mol. The van der Waals surface area contributed by atoms with Gasteiger partial charge in [-0.3, -0.25) is 4.79 Å². The molecule has 0 bridgehead atoms. The van der Waals surface area contributed by atoms with Gasteiger partial charge in [0.05, 0.1) is 5.41 Å². The Hall–Kier alpha value is -1.88. The van der Waals surface area contributed by atoms with Crippen LogP contribution in [-0.4, -0.2) is 36.7 Å². The van der Waals surface area contributed by atoms with E-state index in [1.165, 1.54) is 7.11 Å². The van der Waals surface area contributed by atoms with Crippen LogP contribution >= 0.6 is 0 Å². The fourth-order valence-corrected chi connectivity index (χ4v) is 2.72. The van der Waals surface area contributed by atoms with E-state index in [4.69, 9.17) is 4.74 Å². The molecule has 1 unspecified atom stereocenters. The highest BCUT2D eigenvalue weighted by atomic mass is 16.5. The summed E-state index contributed by atoms with van der Waals surface area (Å²) in [4.78, 5) is 23.9. The zero-order chi connectivity index (χ0) is 15.3. The van der Waals surface area contributed by atoms with Crippen molar-refractivity contribution in [2.75, 3.05) is 13.7 Å². The minimum Gasteiger partial charge on any atom is -0.480 e. The van der Waals surface area contributed by atoms with E-state index >= 15 is 0 Å². The molecule has 1 fully saturated rings. The van der Waals surface area contributed by atoms with Gasteiger partial charge in [0, 0.05) is 20.1 Å². The van der Waals surface area contributed by atoms with Crippen molar-refractivity contribution >= 4 is 11.9 Å². The molecule has 2 N–H and O–H groups in total. The van der Waals surface area contributed by atoms with Gasteiger partial charge in [0.25, 0.3) is 0 Å². The van der Waals surface area contributed by atoms with Crippen LogP contribution in [-0.2, 0) is 19.7 Å². The van der Waals surface area contributed by atoms with Gasteiger partial charge in [-0.2, -0.15) is 0 Å². The molecule has 1 amide bonds. The Balaban J connectivity index is 2.11. The lowest BCUT2D eigenvalue weighted by atomic mass is 9.63. The van der Waals surface area contributed by atoms with Gasteiger partial charge >= 0.3 is 5.97 Å². The Morgan fingerprint density at radius 3 is 2.48 bits per heavy atom. The van der Waals surface area contributed by atoms with Crippen molar-refractivity contribution in [1.82, 2.24) is 5.32 Å². The van der Waals surface area contributed by atoms with E-state index in [-0.39, 0.29) is 12.3 Å². The molecular weight excluding hydrogens is 270 g/mol. The summed E-state index contributed by atoms with van der Waals surface area (Å²) in [5.74, 6) is -1.22. The van der Waals surface area contributed by atoms with Crippen LogP contribution in [0.25, 0.3) is 0 Å². The van der Waals surface area contributed by atoms with E-state index in [1.807, 2.05) is 30.3 Å². The van der Waals surface area contributed by atoms with Crippen molar-refractivity contribution in [3.63, 3.8) is 0 Å². The van der Waals surface area contributed by atoms with Gasteiger partial charge < -0.3 is 15.2 Å². The monoisotopic (exact) mass is 291 g/mol. The smallest absolute Gasteiger partial charge is 0.326 e. The topological polar surface area (TPSA) is 75.6 Å². The normalized spacial score (nSPS) is 17.6. The number of hydrogen-bond acceptors (Lipinski definition) is 3. The molecule has 0 radical (unpaired) electrons. The SMILES string of the molecule is COCCC(NC(=O)C1(c2ccccc2)CCC1)C(=O)O. The maximum Gasteiger partial charge on any atom is 0.326 e. The molecule has 1 saturated carbocycles. The Kier molecular flexibility index (Phi) is 4.96. The van der Waals surface area contributed by atoms with Crippen LogP contribution in [0.1, 0.15) is 31.2 Å². The number of carboxylic acids is 1. The van der Waals surface area contributed by atoms with Crippen LogP contribution in [0, 0.1) is 0 Å². The lowest BCUT2D eigenvalue weighted by Crippen LogP contribution is -2.54. The third-order valence-electron chi connectivity index (χ3n) is 4.18. The van der Waals surface area contributed by atoms with Crippen molar-refractivity contribution in [3.05, 3.63) is 35.9 Å². The van der Waals surface area contributed by atoms with E-state index in [0.717, 1.165) is 24.8 Å². The molecule has 1 aliphatic carbocycles. The third-order valence-corrected chi connectivity index (χ3v) is 4.18. The Bertz CT molecular complexity index is 496. The second kappa shape index (κ2) is 6.72. The Labute approximate surface area is 124 Å². The molecule has 0 saturated heterocycles. The highest BCUT2D eigenvalue weighted by molar-refractivity contribution is 5.92. The second-order valence-corrected chi connectivity index (χ2v) is 5.45. The first-order valence-corrected chi connectivity index (χ1v) is 7.18. The van der Waals surface area contributed by atoms with Gasteiger partial charge in [0.15, 0.2) is 0 Å². The molecule has 0 spiro atoms. The van der Waals surface area contributed by atoms with Crippen LogP contribution in [0.5, 0.6) is 0 Å². The summed E-state index contributed by atoms with van der Waals surface area (Å²) in [6.07, 6.45) is 2.78. The van der Waals surface area contributed by atoms with Crippen molar-refractivity contribution in [2.24, 2.45) is 0 Å². The third kappa shape index (κ3) is 3.24. The number of ether oxygens (including phenoxy) is 1. The number of carboxylic acid groups (broad SMARTS) is 1. The lowest BCUT2D eigenvalue weighted by Gasteiger charge is -2.41. The summed E-state index contributed by atoms with van der Waals surface area (Å²) < 4.78 is 4.90. The van der Waals surface area contributed by atoms with Crippen LogP contribution < -0.4 is 5.32 Å². The minimum atomic E-state index is -1.03. The number of hydrogen-bond donors (Lipinski definition) is 2. The van der Waals surface area contributed by atoms with Gasteiger partial charge in [-0.25, -0.2) is 4.79 Å². The fourth-order valence-electron chi connectivity index (χ4n) is 2.72. The number of amides is 1. The summed E-state index contributed by atoms with van der Waals surface area (Å²) in [7, 11) is 1.51. The van der Waals surface area contributed by atoms with Crippen LogP contribution in [0.2, 0.25) is 0 Å². The van der Waals surface area contributed by atoms with Crippen molar-refractivity contribution < 1.29 is 19.4 Å². The molecule has 5 nitrogen and oxygen atoms in total. The standard InChI is InChI=1S/C16H21NO4/c1-21-11-8-13(14(18)19)17-15(20)16(9-5-10-16)12-6-3-2-4-7-12/h2-4,6-7,13H,5,8-11H2,1H3,(H,17,20)(H,18,19). The molecule has 1 aliphatic rings. The average molecular weight is 291 g/mol. The summed E-state index contributed by atoms with van der Waals surface area (Å²) in [5.41, 5.74) is 0.395. The van der Waals surface area contributed by atoms with E-state index in [1.54, 1.807) is 0 Å². The van der Waals surface area contributed by atoms with Crippen molar-refractivity contribution in [2.45, 2.75) is 37.1 Å². The van der Waals surface area contributed by atoms with Crippen LogP contribution in [0.4, 0.5) is 0 Å². The molecule has 0 heterocycles. The number of methoxy groups -OCH3 is 1. The summed E-state index contributed by atoms with van der Waals surface area (Å²) in [6, 6.07) is 8.68. The molecule has 0 aliphatic heterocycles. The Morgan fingerprint density at radius 2 is 2.00 bits per heavy atom. The molecule has 114 valence electrons. The van der Waals surface area contributed by atoms with Gasteiger partial charge in [-0.05, 0) is 18.4 Å². The highest BCUT2D eigenvalue weighted by Crippen LogP contribution is 2.43. The predicted octanol–water partition coefficient (Wildman–Crippen LogP) is 1.71. The largest absolute Gasteiger partial charge is 0.480 e. The second-order valence-electron chi connectivity index (χ2n) is 5.45. The molecule has 0 aromatic heterocycles.